The smallest absolute Gasteiger partial charge is 0.173 e. The lowest BCUT2D eigenvalue weighted by Gasteiger charge is -2.17. The highest BCUT2D eigenvalue weighted by molar-refractivity contribution is 5.40. The molecule has 1 unspecified atom stereocenters. The Morgan fingerprint density at radius 1 is 1.17 bits per heavy atom. The van der Waals surface area contributed by atoms with E-state index in [0.29, 0.717) is 11.4 Å². The lowest BCUT2D eigenvalue weighted by Crippen LogP contribution is -2.22. The number of nitriles is 1. The molecule has 114 valence electrons. The molecule has 0 aromatic carbocycles. The maximum absolute atomic E-state index is 8.90. The monoisotopic (exact) mass is 306 g/mol. The maximum Gasteiger partial charge on any atom is 0.173 e. The fourth-order valence-corrected chi connectivity index (χ4v) is 2.77. The molecule has 1 atom stereocenters. The van der Waals surface area contributed by atoms with Crippen molar-refractivity contribution in [2.75, 3.05) is 18.0 Å². The molecule has 4 rings (SSSR count). The Kier molecular flexibility index (Phi) is 3.24. The average molecular weight is 306 g/mol. The van der Waals surface area contributed by atoms with Crippen LogP contribution in [0.2, 0.25) is 0 Å². The van der Waals surface area contributed by atoms with Crippen LogP contribution in [0.5, 0.6) is 0 Å². The summed E-state index contributed by atoms with van der Waals surface area (Å²) >= 11 is 0. The van der Waals surface area contributed by atoms with Gasteiger partial charge < -0.3 is 4.90 Å². The zero-order chi connectivity index (χ0) is 15.6. The van der Waals surface area contributed by atoms with Gasteiger partial charge in [0, 0.05) is 31.7 Å². The molecule has 3 aromatic rings. The standard InChI is InChI=1S/C15H14N8/c16-6-12-7-19-23(10-12)13-2-5-21(11-13)14-8-17-9-15(20-14)22-4-1-3-18-22/h1,3-4,7-10,13H,2,5,11H2. The van der Waals surface area contributed by atoms with Crippen molar-refractivity contribution in [1.29, 1.82) is 5.26 Å². The summed E-state index contributed by atoms with van der Waals surface area (Å²) in [5, 5.41) is 17.4. The Labute approximate surface area is 132 Å². The van der Waals surface area contributed by atoms with Gasteiger partial charge in [0.05, 0.1) is 30.2 Å². The second kappa shape index (κ2) is 5.53. The van der Waals surface area contributed by atoms with E-state index in [1.165, 1.54) is 0 Å². The molecule has 0 bridgehead atoms. The molecule has 0 spiro atoms. The minimum Gasteiger partial charge on any atom is -0.353 e. The SMILES string of the molecule is N#Cc1cnn(C2CCN(c3cncc(-n4cccn4)n3)C2)c1. The summed E-state index contributed by atoms with van der Waals surface area (Å²) in [6.07, 6.45) is 11.4. The van der Waals surface area contributed by atoms with Crippen molar-refractivity contribution in [3.63, 3.8) is 0 Å². The summed E-state index contributed by atoms with van der Waals surface area (Å²) < 4.78 is 3.56. The molecular weight excluding hydrogens is 292 g/mol. The van der Waals surface area contributed by atoms with Crippen LogP contribution in [0.1, 0.15) is 18.0 Å². The minimum absolute atomic E-state index is 0.243. The van der Waals surface area contributed by atoms with Crippen molar-refractivity contribution >= 4 is 5.82 Å². The third-order valence-electron chi connectivity index (χ3n) is 3.94. The van der Waals surface area contributed by atoms with E-state index < -0.39 is 0 Å². The lowest BCUT2D eigenvalue weighted by atomic mass is 10.3. The zero-order valence-corrected chi connectivity index (χ0v) is 12.3. The number of hydrogen-bond acceptors (Lipinski definition) is 6. The molecule has 4 heterocycles. The fourth-order valence-electron chi connectivity index (χ4n) is 2.77. The van der Waals surface area contributed by atoms with E-state index in [4.69, 9.17) is 5.26 Å². The topological polar surface area (TPSA) is 88.5 Å². The van der Waals surface area contributed by atoms with E-state index in [-0.39, 0.29) is 6.04 Å². The molecule has 0 N–H and O–H groups in total. The van der Waals surface area contributed by atoms with Gasteiger partial charge in [0.15, 0.2) is 5.82 Å². The summed E-state index contributed by atoms with van der Waals surface area (Å²) in [6.45, 7) is 1.67. The van der Waals surface area contributed by atoms with Gasteiger partial charge in [-0.3, -0.25) is 9.67 Å². The summed E-state index contributed by atoms with van der Waals surface area (Å²) in [4.78, 5) is 11.1. The highest BCUT2D eigenvalue weighted by Gasteiger charge is 2.26. The van der Waals surface area contributed by atoms with E-state index in [2.05, 4.69) is 31.1 Å². The molecule has 0 amide bonds. The number of aromatic nitrogens is 6. The first-order chi connectivity index (χ1) is 11.3. The Bertz CT molecular complexity index is 844. The summed E-state index contributed by atoms with van der Waals surface area (Å²) in [5.41, 5.74) is 0.587. The number of hydrogen-bond donors (Lipinski definition) is 0. The van der Waals surface area contributed by atoms with Crippen LogP contribution in [-0.4, -0.2) is 42.6 Å². The van der Waals surface area contributed by atoms with Crippen LogP contribution in [0.3, 0.4) is 0 Å². The molecule has 1 fully saturated rings. The van der Waals surface area contributed by atoms with E-state index in [9.17, 15) is 0 Å². The van der Waals surface area contributed by atoms with Crippen molar-refractivity contribution in [3.05, 3.63) is 48.8 Å². The highest BCUT2D eigenvalue weighted by atomic mass is 15.4. The number of nitrogens with zero attached hydrogens (tertiary/aromatic N) is 8. The van der Waals surface area contributed by atoms with Crippen LogP contribution < -0.4 is 4.90 Å². The first kappa shape index (κ1) is 13.5. The minimum atomic E-state index is 0.243. The molecule has 0 aliphatic carbocycles. The second-order valence-corrected chi connectivity index (χ2v) is 5.40. The molecule has 1 aliphatic rings. The Morgan fingerprint density at radius 3 is 2.87 bits per heavy atom. The molecule has 3 aromatic heterocycles. The second-order valence-electron chi connectivity index (χ2n) is 5.40. The predicted molar refractivity (Wildman–Crippen MR) is 82.0 cm³/mol. The van der Waals surface area contributed by atoms with Crippen LogP contribution in [0.4, 0.5) is 5.82 Å². The lowest BCUT2D eigenvalue weighted by molar-refractivity contribution is 0.494. The van der Waals surface area contributed by atoms with Gasteiger partial charge in [-0.1, -0.05) is 0 Å². The van der Waals surface area contributed by atoms with Gasteiger partial charge >= 0.3 is 0 Å². The highest BCUT2D eigenvalue weighted by Crippen LogP contribution is 2.25. The van der Waals surface area contributed by atoms with E-state index >= 15 is 0 Å². The Morgan fingerprint density at radius 2 is 2.09 bits per heavy atom. The molecule has 0 saturated carbocycles. The fraction of sp³-hybridized carbons (Fsp3) is 0.267. The quantitative estimate of drug-likeness (QED) is 0.722. The predicted octanol–water partition coefficient (Wildman–Crippen LogP) is 1.18. The average Bonchev–Trinajstić information content (AvgIpc) is 3.35. The summed E-state index contributed by atoms with van der Waals surface area (Å²) in [5.74, 6) is 1.52. The van der Waals surface area contributed by atoms with Crippen molar-refractivity contribution in [2.45, 2.75) is 12.5 Å². The number of rotatable bonds is 3. The van der Waals surface area contributed by atoms with Gasteiger partial charge in [-0.05, 0) is 12.5 Å². The molecular formula is C15H14N8. The van der Waals surface area contributed by atoms with Crippen molar-refractivity contribution in [1.82, 2.24) is 29.5 Å². The van der Waals surface area contributed by atoms with Crippen LogP contribution in [0.25, 0.3) is 5.82 Å². The molecule has 23 heavy (non-hydrogen) atoms. The first-order valence-electron chi connectivity index (χ1n) is 7.35. The molecule has 1 saturated heterocycles. The Hall–Kier alpha value is -3.21. The Balaban J connectivity index is 1.54. The first-order valence-corrected chi connectivity index (χ1v) is 7.35. The normalized spacial score (nSPS) is 17.3. The van der Waals surface area contributed by atoms with Gasteiger partial charge in [-0.15, -0.1) is 0 Å². The number of anilines is 1. The van der Waals surface area contributed by atoms with Crippen LogP contribution in [-0.2, 0) is 0 Å². The van der Waals surface area contributed by atoms with E-state index in [1.54, 1.807) is 35.7 Å². The third kappa shape index (κ3) is 2.53. The van der Waals surface area contributed by atoms with Gasteiger partial charge in [0.1, 0.15) is 11.9 Å². The summed E-state index contributed by atoms with van der Waals surface area (Å²) in [7, 11) is 0. The van der Waals surface area contributed by atoms with E-state index in [0.717, 1.165) is 25.3 Å². The van der Waals surface area contributed by atoms with Crippen molar-refractivity contribution in [3.8, 4) is 11.9 Å². The molecule has 8 heteroatoms. The summed E-state index contributed by atoms with van der Waals surface area (Å²) in [6, 6.07) is 4.20. The largest absolute Gasteiger partial charge is 0.353 e. The van der Waals surface area contributed by atoms with Crippen molar-refractivity contribution < 1.29 is 0 Å². The van der Waals surface area contributed by atoms with Gasteiger partial charge in [0.2, 0.25) is 0 Å². The van der Waals surface area contributed by atoms with Crippen molar-refractivity contribution in [2.24, 2.45) is 0 Å². The zero-order valence-electron chi connectivity index (χ0n) is 12.3. The molecule has 1 aliphatic heterocycles. The van der Waals surface area contributed by atoms with Gasteiger partial charge in [0.25, 0.3) is 0 Å². The molecule has 0 radical (unpaired) electrons. The maximum atomic E-state index is 8.90. The van der Waals surface area contributed by atoms with Crippen LogP contribution in [0.15, 0.2) is 43.2 Å². The van der Waals surface area contributed by atoms with Gasteiger partial charge in [-0.25, -0.2) is 9.67 Å². The van der Waals surface area contributed by atoms with E-state index in [1.807, 2.05) is 16.9 Å². The van der Waals surface area contributed by atoms with Crippen LogP contribution >= 0.6 is 0 Å². The van der Waals surface area contributed by atoms with Crippen LogP contribution in [0, 0.1) is 11.3 Å². The van der Waals surface area contributed by atoms with Gasteiger partial charge in [-0.2, -0.15) is 15.5 Å². The third-order valence-corrected chi connectivity index (χ3v) is 3.94. The molecule has 8 nitrogen and oxygen atoms in total.